The Hall–Kier alpha value is -1.35. The molecule has 0 aliphatic heterocycles. The highest BCUT2D eigenvalue weighted by Crippen LogP contribution is 2.26. The van der Waals surface area contributed by atoms with E-state index in [2.05, 4.69) is 24.4 Å². The van der Waals surface area contributed by atoms with Crippen molar-refractivity contribution < 1.29 is 4.79 Å². The van der Waals surface area contributed by atoms with Crippen molar-refractivity contribution in [1.29, 1.82) is 0 Å². The zero-order valence-electron chi connectivity index (χ0n) is 13.1. The molecule has 21 heavy (non-hydrogen) atoms. The van der Waals surface area contributed by atoms with Crippen molar-refractivity contribution in [2.75, 3.05) is 6.54 Å². The van der Waals surface area contributed by atoms with Crippen molar-refractivity contribution in [1.82, 2.24) is 5.32 Å². The normalized spacial score (nSPS) is 23.5. The molecule has 0 aromatic heterocycles. The first kappa shape index (κ1) is 16.0. The number of carbonyl (C=O) groups excluding carboxylic acids is 1. The fourth-order valence-electron chi connectivity index (χ4n) is 3.29. The van der Waals surface area contributed by atoms with Crippen LogP contribution in [-0.2, 0) is 11.2 Å². The van der Waals surface area contributed by atoms with E-state index in [4.69, 9.17) is 5.73 Å². The predicted octanol–water partition coefficient (Wildman–Crippen LogP) is 2.89. The van der Waals surface area contributed by atoms with Crippen LogP contribution < -0.4 is 11.1 Å². The number of hydrogen-bond acceptors (Lipinski definition) is 2. The Kier molecular flexibility index (Phi) is 6.24. The minimum atomic E-state index is -0.116. The summed E-state index contributed by atoms with van der Waals surface area (Å²) in [6.07, 6.45) is 6.74. The SMILES string of the molecule is CCC1CCCC(NC(=O)C(CN)Cc2ccccc2)C1. The zero-order valence-corrected chi connectivity index (χ0v) is 13.1. The van der Waals surface area contributed by atoms with E-state index in [1.807, 2.05) is 18.2 Å². The quantitative estimate of drug-likeness (QED) is 0.845. The van der Waals surface area contributed by atoms with Crippen LogP contribution in [-0.4, -0.2) is 18.5 Å². The lowest BCUT2D eigenvalue weighted by Crippen LogP contribution is -2.44. The molecule has 1 fully saturated rings. The summed E-state index contributed by atoms with van der Waals surface area (Å²) in [6.45, 7) is 2.65. The molecule has 3 atom stereocenters. The fourth-order valence-corrected chi connectivity index (χ4v) is 3.29. The molecule has 116 valence electrons. The van der Waals surface area contributed by atoms with Crippen molar-refractivity contribution >= 4 is 5.91 Å². The Labute approximate surface area is 128 Å². The molecule has 3 N–H and O–H groups in total. The van der Waals surface area contributed by atoms with Gasteiger partial charge in [0.05, 0.1) is 5.92 Å². The van der Waals surface area contributed by atoms with E-state index in [1.54, 1.807) is 0 Å². The molecular weight excluding hydrogens is 260 g/mol. The number of carbonyl (C=O) groups is 1. The maximum atomic E-state index is 12.5. The van der Waals surface area contributed by atoms with Gasteiger partial charge in [0.1, 0.15) is 0 Å². The van der Waals surface area contributed by atoms with Gasteiger partial charge >= 0.3 is 0 Å². The maximum absolute atomic E-state index is 12.5. The molecule has 3 nitrogen and oxygen atoms in total. The van der Waals surface area contributed by atoms with Crippen LogP contribution in [0, 0.1) is 11.8 Å². The third-order valence-electron chi connectivity index (χ3n) is 4.69. The summed E-state index contributed by atoms with van der Waals surface area (Å²) >= 11 is 0. The van der Waals surface area contributed by atoms with Gasteiger partial charge in [-0.2, -0.15) is 0 Å². The molecular formula is C18H28N2O. The third-order valence-corrected chi connectivity index (χ3v) is 4.69. The lowest BCUT2D eigenvalue weighted by atomic mass is 9.84. The van der Waals surface area contributed by atoms with Gasteiger partial charge in [-0.1, -0.05) is 56.5 Å². The first-order valence-corrected chi connectivity index (χ1v) is 8.27. The standard InChI is InChI=1S/C18H28N2O/c1-2-14-9-6-10-17(12-14)20-18(21)16(13-19)11-15-7-4-3-5-8-15/h3-5,7-8,14,16-17H,2,6,9-13,19H2,1H3,(H,20,21). The van der Waals surface area contributed by atoms with Crippen molar-refractivity contribution in [2.24, 2.45) is 17.6 Å². The van der Waals surface area contributed by atoms with E-state index >= 15 is 0 Å². The molecule has 0 heterocycles. The summed E-state index contributed by atoms with van der Waals surface area (Å²) in [4.78, 5) is 12.5. The molecule has 0 bridgehead atoms. The largest absolute Gasteiger partial charge is 0.353 e. The summed E-state index contributed by atoms with van der Waals surface area (Å²) in [6, 6.07) is 10.5. The molecule has 0 radical (unpaired) electrons. The molecule has 0 saturated heterocycles. The highest BCUT2D eigenvalue weighted by atomic mass is 16.1. The van der Waals surface area contributed by atoms with Gasteiger partial charge in [0.2, 0.25) is 5.91 Å². The number of rotatable bonds is 6. The Bertz CT molecular complexity index is 432. The van der Waals surface area contributed by atoms with Crippen LogP contribution in [0.5, 0.6) is 0 Å². The van der Waals surface area contributed by atoms with E-state index in [1.165, 1.54) is 24.8 Å². The monoisotopic (exact) mass is 288 g/mol. The lowest BCUT2D eigenvalue weighted by Gasteiger charge is -2.30. The van der Waals surface area contributed by atoms with Gasteiger partial charge in [0.15, 0.2) is 0 Å². The summed E-state index contributed by atoms with van der Waals surface area (Å²) in [5.41, 5.74) is 7.00. The second-order valence-electron chi connectivity index (χ2n) is 6.27. The van der Waals surface area contributed by atoms with Crippen LogP contribution in [0.1, 0.15) is 44.6 Å². The van der Waals surface area contributed by atoms with E-state index in [0.29, 0.717) is 12.6 Å². The summed E-state index contributed by atoms with van der Waals surface area (Å²) in [5.74, 6) is 0.784. The second kappa shape index (κ2) is 8.18. The Morgan fingerprint density at radius 1 is 1.33 bits per heavy atom. The average molecular weight is 288 g/mol. The average Bonchev–Trinajstić information content (AvgIpc) is 2.53. The molecule has 0 spiro atoms. The summed E-state index contributed by atoms with van der Waals surface area (Å²) in [7, 11) is 0. The van der Waals surface area contributed by atoms with Crippen molar-refractivity contribution in [3.63, 3.8) is 0 Å². The third kappa shape index (κ3) is 4.85. The van der Waals surface area contributed by atoms with Crippen molar-refractivity contribution in [3.8, 4) is 0 Å². The van der Waals surface area contributed by atoms with Gasteiger partial charge in [-0.15, -0.1) is 0 Å². The van der Waals surface area contributed by atoms with Gasteiger partial charge in [-0.05, 0) is 30.7 Å². The zero-order chi connectivity index (χ0) is 15.1. The van der Waals surface area contributed by atoms with Gasteiger partial charge in [0.25, 0.3) is 0 Å². The van der Waals surface area contributed by atoms with Crippen molar-refractivity contribution in [3.05, 3.63) is 35.9 Å². The van der Waals surface area contributed by atoms with E-state index in [-0.39, 0.29) is 11.8 Å². The lowest BCUT2D eigenvalue weighted by molar-refractivity contribution is -0.125. The molecule has 1 aliphatic carbocycles. The molecule has 1 aromatic carbocycles. The maximum Gasteiger partial charge on any atom is 0.224 e. The van der Waals surface area contributed by atoms with Gasteiger partial charge in [-0.25, -0.2) is 0 Å². The number of nitrogens with one attached hydrogen (secondary N) is 1. The van der Waals surface area contributed by atoms with E-state index in [0.717, 1.165) is 25.2 Å². The predicted molar refractivity (Wildman–Crippen MR) is 86.9 cm³/mol. The number of hydrogen-bond donors (Lipinski definition) is 2. The fraction of sp³-hybridized carbons (Fsp3) is 0.611. The van der Waals surface area contributed by atoms with Crippen LogP contribution >= 0.6 is 0 Å². The molecule has 2 rings (SSSR count). The smallest absolute Gasteiger partial charge is 0.224 e. The summed E-state index contributed by atoms with van der Waals surface area (Å²) in [5, 5.41) is 3.24. The number of nitrogens with two attached hydrogens (primary N) is 1. The minimum absolute atomic E-state index is 0.116. The molecule has 1 amide bonds. The number of amides is 1. The highest BCUT2D eigenvalue weighted by Gasteiger charge is 2.25. The summed E-state index contributed by atoms with van der Waals surface area (Å²) < 4.78 is 0. The highest BCUT2D eigenvalue weighted by molar-refractivity contribution is 5.79. The van der Waals surface area contributed by atoms with Gasteiger partial charge in [-0.3, -0.25) is 4.79 Å². The van der Waals surface area contributed by atoms with Crippen LogP contribution in [0.2, 0.25) is 0 Å². The Morgan fingerprint density at radius 3 is 2.76 bits per heavy atom. The van der Waals surface area contributed by atoms with Crippen LogP contribution in [0.15, 0.2) is 30.3 Å². The van der Waals surface area contributed by atoms with Crippen LogP contribution in [0.3, 0.4) is 0 Å². The van der Waals surface area contributed by atoms with Crippen LogP contribution in [0.25, 0.3) is 0 Å². The molecule has 1 saturated carbocycles. The molecule has 3 unspecified atom stereocenters. The van der Waals surface area contributed by atoms with E-state index < -0.39 is 0 Å². The van der Waals surface area contributed by atoms with Gasteiger partial charge in [0, 0.05) is 12.6 Å². The Morgan fingerprint density at radius 2 is 2.10 bits per heavy atom. The number of benzene rings is 1. The Balaban J connectivity index is 1.88. The minimum Gasteiger partial charge on any atom is -0.353 e. The van der Waals surface area contributed by atoms with Gasteiger partial charge < -0.3 is 11.1 Å². The molecule has 1 aromatic rings. The first-order chi connectivity index (χ1) is 10.2. The van der Waals surface area contributed by atoms with Crippen molar-refractivity contribution in [2.45, 2.75) is 51.5 Å². The molecule has 3 heteroatoms. The topological polar surface area (TPSA) is 55.1 Å². The van der Waals surface area contributed by atoms with Crippen LogP contribution in [0.4, 0.5) is 0 Å². The molecule has 1 aliphatic rings. The second-order valence-corrected chi connectivity index (χ2v) is 6.27. The first-order valence-electron chi connectivity index (χ1n) is 8.27. The van der Waals surface area contributed by atoms with E-state index in [9.17, 15) is 4.79 Å².